The van der Waals surface area contributed by atoms with Gasteiger partial charge in [0, 0.05) is 52.4 Å². The Balaban J connectivity index is 0.000000938. The smallest absolute Gasteiger partial charge is 0.209 e. The van der Waals surface area contributed by atoms with E-state index in [0.29, 0.717) is 6.04 Å². The average molecular weight is 637 g/mol. The second-order valence-corrected chi connectivity index (χ2v) is 11.9. The fourth-order valence-electron chi connectivity index (χ4n) is 5.09. The van der Waals surface area contributed by atoms with Crippen molar-refractivity contribution in [2.45, 2.75) is 91.5 Å². The van der Waals surface area contributed by atoms with Crippen LogP contribution in [0, 0.1) is 0 Å². The normalized spacial score (nSPS) is 17.2. The summed E-state index contributed by atoms with van der Waals surface area (Å²) in [6, 6.07) is 6.71. The third-order valence-corrected chi connectivity index (χ3v) is 8.77. The fraction of sp³-hybridized carbons (Fsp3) is 0.474. The zero-order chi connectivity index (χ0) is 34.2. The lowest BCUT2D eigenvalue weighted by atomic mass is 10.0. The third-order valence-electron chi connectivity index (χ3n) is 7.70. The molecule has 0 spiro atoms. The zero-order valence-corrected chi connectivity index (χ0v) is 30.0. The Labute approximate surface area is 279 Å². The summed E-state index contributed by atoms with van der Waals surface area (Å²) in [6.07, 6.45) is 17.2. The standard InChI is InChI=1S/C25H34N2S.C10H18N2O.C2H6.CH2O/c1-8-11-22(12-9-2)17-28-23-13-14-25(26)24(16-23)19(5)15-20(6)27-21(7)18(4)10-3;13-9-12-7-3-4-10(12)8-11-5-1-2-6-11;2*1-2/h8-9,11-16,27H,1,6,10,17,26H2,2-5,7H3;9-10H,1-8H2;1-2H3;1H2/b12-9-,19-15+,21-18-,22-11+;;;. The summed E-state index contributed by atoms with van der Waals surface area (Å²) >= 11 is 1.79. The van der Waals surface area contributed by atoms with Gasteiger partial charge in [-0.3, -0.25) is 4.79 Å². The predicted octanol–water partition coefficient (Wildman–Crippen LogP) is 8.80. The minimum Gasteiger partial charge on any atom is -0.398 e. The van der Waals surface area contributed by atoms with Crippen LogP contribution in [0.4, 0.5) is 5.69 Å². The molecule has 1 amide bonds. The highest BCUT2D eigenvalue weighted by molar-refractivity contribution is 7.99. The maximum absolute atomic E-state index is 10.7. The lowest BCUT2D eigenvalue weighted by Crippen LogP contribution is -2.38. The van der Waals surface area contributed by atoms with E-state index in [9.17, 15) is 4.79 Å². The highest BCUT2D eigenvalue weighted by Crippen LogP contribution is 2.29. The Morgan fingerprint density at radius 1 is 1.11 bits per heavy atom. The van der Waals surface area contributed by atoms with Gasteiger partial charge < -0.3 is 25.6 Å². The van der Waals surface area contributed by atoms with Crippen LogP contribution in [0.15, 0.2) is 89.2 Å². The summed E-state index contributed by atoms with van der Waals surface area (Å²) in [4.78, 5) is 24.3. The minimum absolute atomic E-state index is 0.510. The van der Waals surface area contributed by atoms with Gasteiger partial charge in [-0.1, -0.05) is 63.8 Å². The van der Waals surface area contributed by atoms with Crippen molar-refractivity contribution in [1.82, 2.24) is 15.1 Å². The van der Waals surface area contributed by atoms with Gasteiger partial charge >= 0.3 is 0 Å². The Morgan fingerprint density at radius 2 is 1.78 bits per heavy atom. The van der Waals surface area contributed by atoms with Crippen molar-refractivity contribution in [3.8, 4) is 0 Å². The number of hydrogen-bond acceptors (Lipinski definition) is 6. The van der Waals surface area contributed by atoms with E-state index in [-0.39, 0.29) is 0 Å². The molecule has 3 N–H and O–H groups in total. The topological polar surface area (TPSA) is 78.7 Å². The number of nitrogen functional groups attached to an aromatic ring is 1. The van der Waals surface area contributed by atoms with Gasteiger partial charge in [0.1, 0.15) is 6.79 Å². The molecule has 250 valence electrons. The van der Waals surface area contributed by atoms with Crippen molar-refractivity contribution >= 4 is 36.2 Å². The molecule has 2 aliphatic rings. The first kappa shape index (κ1) is 41.7. The molecular weight excluding hydrogens is 577 g/mol. The first-order valence-corrected chi connectivity index (χ1v) is 17.2. The van der Waals surface area contributed by atoms with Crippen molar-refractivity contribution < 1.29 is 9.59 Å². The number of hydrogen-bond donors (Lipinski definition) is 2. The molecule has 7 heteroatoms. The van der Waals surface area contributed by atoms with Crippen LogP contribution in [0.25, 0.3) is 5.57 Å². The SMILES string of the molecule is C=C/C=C(\C=C/C)CSc1ccc(N)c(/C(C)=C/C(=C)N/C(C)=C(/C)CC)c1.C=O.CC.O=CN1CCCC1CN1CCCC1. The number of amides is 1. The van der Waals surface area contributed by atoms with Gasteiger partial charge in [-0.15, -0.1) is 11.8 Å². The number of carbonyl (C=O) groups excluding carboxylic acids is 2. The molecule has 6 nitrogen and oxygen atoms in total. The summed E-state index contributed by atoms with van der Waals surface area (Å²) < 4.78 is 0. The van der Waals surface area contributed by atoms with Crippen LogP contribution in [0.3, 0.4) is 0 Å². The number of nitrogens with one attached hydrogen (secondary N) is 1. The van der Waals surface area contributed by atoms with E-state index in [1.807, 2.05) is 56.8 Å². The van der Waals surface area contributed by atoms with Gasteiger partial charge in [-0.25, -0.2) is 0 Å². The molecule has 0 aromatic heterocycles. The van der Waals surface area contributed by atoms with Crippen LogP contribution in [0.1, 0.15) is 86.1 Å². The molecule has 2 heterocycles. The minimum atomic E-state index is 0.510. The van der Waals surface area contributed by atoms with Crippen LogP contribution in [-0.2, 0) is 9.59 Å². The molecule has 1 aromatic carbocycles. The molecular formula is C38H60N4O2S. The Bertz CT molecular complexity index is 1160. The largest absolute Gasteiger partial charge is 0.398 e. The number of benzene rings is 1. The van der Waals surface area contributed by atoms with Crippen molar-refractivity contribution in [3.63, 3.8) is 0 Å². The summed E-state index contributed by atoms with van der Waals surface area (Å²) in [5, 5.41) is 3.37. The molecule has 2 saturated heterocycles. The van der Waals surface area contributed by atoms with Crippen LogP contribution < -0.4 is 11.1 Å². The number of allylic oxidation sites excluding steroid dienone is 8. The monoisotopic (exact) mass is 636 g/mol. The molecule has 1 atom stereocenters. The average Bonchev–Trinajstić information content (AvgIpc) is 3.74. The Kier molecular flexibility index (Phi) is 23.1. The molecule has 0 saturated carbocycles. The lowest BCUT2D eigenvalue weighted by molar-refractivity contribution is -0.119. The molecule has 2 fully saturated rings. The second-order valence-electron chi connectivity index (χ2n) is 10.9. The molecule has 2 aliphatic heterocycles. The van der Waals surface area contributed by atoms with Crippen LogP contribution >= 0.6 is 11.8 Å². The fourth-order valence-corrected chi connectivity index (χ4v) is 5.99. The third kappa shape index (κ3) is 16.0. The van der Waals surface area contributed by atoms with Gasteiger partial charge in [-0.05, 0) is 108 Å². The van der Waals surface area contributed by atoms with Crippen LogP contribution in [-0.4, -0.2) is 61.0 Å². The zero-order valence-electron chi connectivity index (χ0n) is 29.2. The summed E-state index contributed by atoms with van der Waals surface area (Å²) in [7, 11) is 0. The van der Waals surface area contributed by atoms with E-state index in [1.165, 1.54) is 54.8 Å². The maximum Gasteiger partial charge on any atom is 0.209 e. The molecule has 1 aromatic rings. The van der Waals surface area contributed by atoms with Gasteiger partial charge in [0.2, 0.25) is 6.41 Å². The van der Waals surface area contributed by atoms with Crippen LogP contribution in [0.2, 0.25) is 0 Å². The van der Waals surface area contributed by atoms with Crippen molar-refractivity contribution in [2.24, 2.45) is 0 Å². The molecule has 1 unspecified atom stereocenters. The number of thioether (sulfide) groups is 1. The van der Waals surface area contributed by atoms with Gasteiger partial charge in [0.05, 0.1) is 0 Å². The molecule has 0 bridgehead atoms. The number of carbonyl (C=O) groups is 2. The molecule has 45 heavy (non-hydrogen) atoms. The number of anilines is 1. The Morgan fingerprint density at radius 3 is 2.36 bits per heavy atom. The first-order chi connectivity index (χ1) is 21.7. The quantitative estimate of drug-likeness (QED) is 0.0975. The molecule has 0 aliphatic carbocycles. The van der Waals surface area contributed by atoms with E-state index >= 15 is 0 Å². The highest BCUT2D eigenvalue weighted by Gasteiger charge is 2.25. The molecule has 0 radical (unpaired) electrons. The van der Waals surface area contributed by atoms with E-state index in [1.54, 1.807) is 11.8 Å². The molecule has 3 rings (SSSR count). The van der Waals surface area contributed by atoms with Gasteiger partial charge in [-0.2, -0.15) is 0 Å². The summed E-state index contributed by atoms with van der Waals surface area (Å²) in [5.41, 5.74) is 13.7. The van der Waals surface area contributed by atoms with E-state index in [0.717, 1.165) is 59.9 Å². The number of rotatable bonds is 13. The van der Waals surface area contributed by atoms with Gasteiger partial charge in [0.15, 0.2) is 0 Å². The highest BCUT2D eigenvalue weighted by atomic mass is 32.2. The van der Waals surface area contributed by atoms with Crippen molar-refractivity contribution in [2.75, 3.05) is 37.7 Å². The second kappa shape index (κ2) is 25.0. The van der Waals surface area contributed by atoms with Crippen molar-refractivity contribution in [3.05, 3.63) is 89.8 Å². The maximum atomic E-state index is 10.7. The van der Waals surface area contributed by atoms with E-state index in [2.05, 4.69) is 75.4 Å². The van der Waals surface area contributed by atoms with Crippen LogP contribution in [0.5, 0.6) is 0 Å². The summed E-state index contributed by atoms with van der Waals surface area (Å²) in [5.74, 6) is 0.886. The lowest BCUT2D eigenvalue weighted by Gasteiger charge is -2.25. The number of nitrogens with two attached hydrogens (primary N) is 1. The predicted molar refractivity (Wildman–Crippen MR) is 199 cm³/mol. The number of likely N-dealkylation sites (tertiary alicyclic amines) is 2. The van der Waals surface area contributed by atoms with Gasteiger partial charge in [0.25, 0.3) is 0 Å². The first-order valence-electron chi connectivity index (χ1n) is 16.2. The van der Waals surface area contributed by atoms with E-state index < -0.39 is 0 Å². The summed E-state index contributed by atoms with van der Waals surface area (Å²) in [6.45, 7) is 29.0. The van der Waals surface area contributed by atoms with E-state index in [4.69, 9.17) is 10.5 Å². The number of nitrogens with zero attached hydrogens (tertiary/aromatic N) is 2. The van der Waals surface area contributed by atoms with Crippen molar-refractivity contribution in [1.29, 1.82) is 0 Å². The Hall–Kier alpha value is -3.29.